The van der Waals surface area contributed by atoms with Crippen molar-refractivity contribution in [1.29, 1.82) is 0 Å². The molecule has 0 saturated heterocycles. The summed E-state index contributed by atoms with van der Waals surface area (Å²) < 4.78 is 28.3. The Balaban J connectivity index is 1.87. The number of aryl methyl sites for hydroxylation is 1. The molecule has 3 nitrogen and oxygen atoms in total. The Morgan fingerprint density at radius 1 is 1.04 bits per heavy atom. The summed E-state index contributed by atoms with van der Waals surface area (Å²) in [7, 11) is 1.94. The van der Waals surface area contributed by atoms with E-state index in [2.05, 4.69) is 36.2 Å². The van der Waals surface area contributed by atoms with Gasteiger partial charge in [0.1, 0.15) is 5.82 Å². The number of imidazole rings is 1. The largest absolute Gasteiger partial charge is 0.320 e. The molecule has 0 aliphatic heterocycles. The van der Waals surface area contributed by atoms with Crippen LogP contribution in [0, 0.1) is 0 Å². The zero-order valence-electron chi connectivity index (χ0n) is 14.8. The maximum absolute atomic E-state index is 13.6. The van der Waals surface area contributed by atoms with Gasteiger partial charge in [0.2, 0.25) is 0 Å². The summed E-state index contributed by atoms with van der Waals surface area (Å²) in [5.41, 5.74) is 3.52. The molecule has 0 unspecified atom stereocenters. The molecule has 0 amide bonds. The Kier molecular flexibility index (Phi) is 5.13. The summed E-state index contributed by atoms with van der Waals surface area (Å²) in [5, 5.41) is 0. The first-order valence-corrected chi connectivity index (χ1v) is 8.54. The minimum Gasteiger partial charge on any atom is -0.292 e. The molecule has 25 heavy (non-hydrogen) atoms. The highest BCUT2D eigenvalue weighted by molar-refractivity contribution is 5.76. The van der Waals surface area contributed by atoms with E-state index >= 15 is 0 Å². The first-order valence-electron chi connectivity index (χ1n) is 8.54. The normalized spacial score (nSPS) is 13.1. The Morgan fingerprint density at radius 2 is 1.68 bits per heavy atom. The van der Waals surface area contributed by atoms with Crippen molar-refractivity contribution in [3.63, 3.8) is 0 Å². The van der Waals surface area contributed by atoms with E-state index in [1.54, 1.807) is 18.2 Å². The van der Waals surface area contributed by atoms with Crippen LogP contribution < -0.4 is 0 Å². The molecular weight excluding hydrogens is 320 g/mol. The van der Waals surface area contributed by atoms with Crippen LogP contribution in [0.25, 0.3) is 11.0 Å². The van der Waals surface area contributed by atoms with Gasteiger partial charge in [0.15, 0.2) is 0 Å². The van der Waals surface area contributed by atoms with E-state index in [0.717, 1.165) is 16.6 Å². The van der Waals surface area contributed by atoms with Gasteiger partial charge in [-0.25, -0.2) is 4.98 Å². The highest BCUT2D eigenvalue weighted by Gasteiger charge is 2.24. The zero-order valence-corrected chi connectivity index (χ0v) is 14.8. The Bertz CT molecular complexity index is 840. The molecule has 1 aromatic heterocycles. The molecule has 0 radical (unpaired) electrons. The maximum atomic E-state index is 13.6. The van der Waals surface area contributed by atoms with Crippen LogP contribution in [-0.2, 0) is 13.0 Å². The fourth-order valence-corrected chi connectivity index (χ4v) is 3.07. The number of halogens is 2. The third-order valence-electron chi connectivity index (χ3n) is 4.72. The third kappa shape index (κ3) is 3.56. The van der Waals surface area contributed by atoms with Crippen LogP contribution in [0.3, 0.4) is 0 Å². The molecule has 2 aromatic carbocycles. The molecule has 5 heteroatoms. The SMILES string of the molecule is CCc1ccc(CN(C)[C@H](C)c2nc3ccccc3n2C(F)F)cc1. The first kappa shape index (κ1) is 17.5. The Morgan fingerprint density at radius 3 is 2.32 bits per heavy atom. The van der Waals surface area contributed by atoms with Gasteiger partial charge >= 0.3 is 6.55 Å². The highest BCUT2D eigenvalue weighted by Crippen LogP contribution is 2.29. The summed E-state index contributed by atoms with van der Waals surface area (Å²) in [6.45, 7) is 2.11. The lowest BCUT2D eigenvalue weighted by molar-refractivity contribution is 0.0657. The van der Waals surface area contributed by atoms with Gasteiger partial charge in [-0.3, -0.25) is 9.47 Å². The predicted octanol–water partition coefficient (Wildman–Crippen LogP) is 5.19. The van der Waals surface area contributed by atoms with Crippen LogP contribution in [0.15, 0.2) is 48.5 Å². The minimum absolute atomic E-state index is 0.229. The molecule has 0 bridgehead atoms. The zero-order chi connectivity index (χ0) is 18.0. The molecular formula is C20H23F2N3. The number of alkyl halides is 2. The van der Waals surface area contributed by atoms with Gasteiger partial charge in [0.25, 0.3) is 0 Å². The highest BCUT2D eigenvalue weighted by atomic mass is 19.3. The summed E-state index contributed by atoms with van der Waals surface area (Å²) in [6, 6.07) is 15.2. The molecule has 1 heterocycles. The molecule has 0 fully saturated rings. The van der Waals surface area contributed by atoms with Crippen LogP contribution >= 0.6 is 0 Å². The van der Waals surface area contributed by atoms with Crippen molar-refractivity contribution in [1.82, 2.24) is 14.5 Å². The molecule has 0 N–H and O–H groups in total. The minimum atomic E-state index is -2.61. The van der Waals surface area contributed by atoms with Crippen LogP contribution in [0.4, 0.5) is 8.78 Å². The molecule has 0 aliphatic rings. The second kappa shape index (κ2) is 7.31. The molecule has 132 valence electrons. The van der Waals surface area contributed by atoms with Crippen molar-refractivity contribution in [3.05, 3.63) is 65.5 Å². The summed E-state index contributed by atoms with van der Waals surface area (Å²) in [4.78, 5) is 6.51. The fraction of sp³-hybridized carbons (Fsp3) is 0.350. The van der Waals surface area contributed by atoms with Crippen LogP contribution in [-0.4, -0.2) is 21.5 Å². The van der Waals surface area contributed by atoms with Crippen molar-refractivity contribution < 1.29 is 8.78 Å². The van der Waals surface area contributed by atoms with Crippen molar-refractivity contribution in [2.24, 2.45) is 0 Å². The standard InChI is InChI=1S/C20H23F2N3/c1-4-15-9-11-16(12-10-15)13-24(3)14(2)19-23-17-7-5-6-8-18(17)25(19)20(21)22/h5-12,14,20H,4,13H2,1-3H3/t14-/m1/s1. The summed E-state index contributed by atoms with van der Waals surface area (Å²) >= 11 is 0. The van der Waals surface area contributed by atoms with E-state index < -0.39 is 6.55 Å². The molecule has 0 spiro atoms. The van der Waals surface area contributed by atoms with E-state index in [9.17, 15) is 8.78 Å². The van der Waals surface area contributed by atoms with E-state index in [0.29, 0.717) is 23.4 Å². The molecule has 1 atom stereocenters. The number of hydrogen-bond acceptors (Lipinski definition) is 2. The number of fused-ring (bicyclic) bond motifs is 1. The van der Waals surface area contributed by atoms with E-state index in [1.807, 2.05) is 24.9 Å². The van der Waals surface area contributed by atoms with Crippen molar-refractivity contribution in [2.75, 3.05) is 7.05 Å². The monoisotopic (exact) mass is 343 g/mol. The molecule has 3 aromatic rings. The second-order valence-electron chi connectivity index (χ2n) is 6.37. The number of aromatic nitrogens is 2. The third-order valence-corrected chi connectivity index (χ3v) is 4.72. The average Bonchev–Trinajstić information content (AvgIpc) is 3.01. The van der Waals surface area contributed by atoms with Gasteiger partial charge in [-0.1, -0.05) is 43.3 Å². The number of rotatable bonds is 6. The molecule has 0 saturated carbocycles. The number of hydrogen-bond donors (Lipinski definition) is 0. The van der Waals surface area contributed by atoms with Gasteiger partial charge < -0.3 is 0 Å². The Labute approximate surface area is 146 Å². The van der Waals surface area contributed by atoms with Crippen molar-refractivity contribution in [3.8, 4) is 0 Å². The number of nitrogens with zero attached hydrogens (tertiary/aromatic N) is 3. The quantitative estimate of drug-likeness (QED) is 0.614. The van der Waals surface area contributed by atoms with Gasteiger partial charge in [-0.05, 0) is 43.7 Å². The number of para-hydroxylation sites is 2. The fourth-order valence-electron chi connectivity index (χ4n) is 3.07. The van der Waals surface area contributed by atoms with E-state index in [-0.39, 0.29) is 6.04 Å². The van der Waals surface area contributed by atoms with Crippen molar-refractivity contribution >= 4 is 11.0 Å². The smallest absolute Gasteiger partial charge is 0.292 e. The van der Waals surface area contributed by atoms with Gasteiger partial charge in [0.05, 0.1) is 17.1 Å². The lowest BCUT2D eigenvalue weighted by atomic mass is 10.1. The lowest BCUT2D eigenvalue weighted by Gasteiger charge is -2.25. The lowest BCUT2D eigenvalue weighted by Crippen LogP contribution is -2.25. The Hall–Kier alpha value is -2.27. The topological polar surface area (TPSA) is 21.1 Å². The first-order chi connectivity index (χ1) is 12.0. The van der Waals surface area contributed by atoms with E-state index in [4.69, 9.17) is 0 Å². The summed E-state index contributed by atoms with van der Waals surface area (Å²) in [6.07, 6.45) is 1.00. The maximum Gasteiger partial charge on any atom is 0.320 e. The molecule has 0 aliphatic carbocycles. The predicted molar refractivity (Wildman–Crippen MR) is 96.7 cm³/mol. The van der Waals surface area contributed by atoms with Crippen LogP contribution in [0.2, 0.25) is 0 Å². The second-order valence-corrected chi connectivity index (χ2v) is 6.37. The summed E-state index contributed by atoms with van der Waals surface area (Å²) in [5.74, 6) is 0.392. The van der Waals surface area contributed by atoms with Gasteiger partial charge in [-0.2, -0.15) is 8.78 Å². The van der Waals surface area contributed by atoms with Crippen LogP contribution in [0.1, 0.15) is 43.4 Å². The van der Waals surface area contributed by atoms with Gasteiger partial charge in [-0.15, -0.1) is 0 Å². The molecule has 3 rings (SSSR count). The van der Waals surface area contributed by atoms with Crippen LogP contribution in [0.5, 0.6) is 0 Å². The average molecular weight is 343 g/mol. The number of benzene rings is 2. The van der Waals surface area contributed by atoms with E-state index in [1.165, 1.54) is 5.56 Å². The van der Waals surface area contributed by atoms with Crippen molar-refractivity contribution in [2.45, 2.75) is 39.4 Å². The van der Waals surface area contributed by atoms with Gasteiger partial charge in [0, 0.05) is 6.54 Å².